The highest BCUT2D eigenvalue weighted by Crippen LogP contribution is 2.40. The Hall–Kier alpha value is -2.83. The van der Waals surface area contributed by atoms with Gasteiger partial charge in [-0.3, -0.25) is 9.69 Å². The first-order valence-electron chi connectivity index (χ1n) is 10.9. The van der Waals surface area contributed by atoms with Gasteiger partial charge in [-0.2, -0.15) is 0 Å². The maximum atomic E-state index is 13.7. The number of carbonyl (C=O) groups excluding carboxylic acids is 1. The van der Waals surface area contributed by atoms with Gasteiger partial charge >= 0.3 is 0 Å². The molecule has 1 aliphatic rings. The summed E-state index contributed by atoms with van der Waals surface area (Å²) < 4.78 is 6.27. The lowest BCUT2D eigenvalue weighted by Gasteiger charge is -2.19. The van der Waals surface area contributed by atoms with E-state index in [9.17, 15) is 4.79 Å². The number of anilines is 1. The first kappa shape index (κ1) is 23.3. The maximum absolute atomic E-state index is 13.7. The smallest absolute Gasteiger partial charge is 0.271 e. The number of carbonyl (C=O) groups is 1. The van der Waals surface area contributed by atoms with Crippen LogP contribution in [0.5, 0.6) is 5.75 Å². The van der Waals surface area contributed by atoms with Crippen LogP contribution in [0.1, 0.15) is 30.5 Å². The lowest BCUT2D eigenvalue weighted by Crippen LogP contribution is -2.29. The predicted molar refractivity (Wildman–Crippen MR) is 142 cm³/mol. The molecule has 0 saturated carbocycles. The number of rotatable bonds is 6. The largest absolute Gasteiger partial charge is 0.497 e. The zero-order valence-electron chi connectivity index (χ0n) is 18.8. The molecule has 0 aromatic heterocycles. The molecule has 0 radical (unpaired) electrons. The summed E-state index contributed by atoms with van der Waals surface area (Å²) in [5.41, 5.74) is 4.89. The summed E-state index contributed by atoms with van der Waals surface area (Å²) in [6.07, 6.45) is 3.59. The molecule has 0 bridgehead atoms. The standard InChI is InChI=1S/C27H25BrN2O2S/c1-4-18-10-6-8-12-23(18)29-27-30(24-13-9-7-11-19(24)5-2)26(31)25(33-27)17-20-16-21(32-3)14-15-22(20)28/h6-17H,4-5H2,1-3H3/b25-17-,29-27?. The van der Waals surface area contributed by atoms with Crippen LogP contribution in [0.4, 0.5) is 11.4 Å². The molecule has 0 spiro atoms. The predicted octanol–water partition coefficient (Wildman–Crippen LogP) is 7.39. The summed E-state index contributed by atoms with van der Waals surface area (Å²) >= 11 is 4.99. The number of thioether (sulfide) groups is 1. The fourth-order valence-corrected chi connectivity index (χ4v) is 5.05. The molecule has 1 amide bonds. The molecule has 6 heteroatoms. The molecule has 4 rings (SSSR count). The Morgan fingerprint density at radius 2 is 1.70 bits per heavy atom. The van der Waals surface area contributed by atoms with Crippen molar-refractivity contribution in [3.05, 3.63) is 92.8 Å². The highest BCUT2D eigenvalue weighted by molar-refractivity contribution is 9.10. The summed E-state index contributed by atoms with van der Waals surface area (Å²) in [6, 6.07) is 21.8. The number of benzene rings is 3. The minimum Gasteiger partial charge on any atom is -0.497 e. The number of nitrogens with zero attached hydrogens (tertiary/aromatic N) is 2. The molecule has 3 aromatic rings. The molecule has 1 aliphatic heterocycles. The Labute approximate surface area is 207 Å². The highest BCUT2D eigenvalue weighted by atomic mass is 79.9. The van der Waals surface area contributed by atoms with E-state index in [0.29, 0.717) is 10.1 Å². The minimum atomic E-state index is -0.0802. The van der Waals surface area contributed by atoms with Crippen molar-refractivity contribution in [2.75, 3.05) is 12.0 Å². The fraction of sp³-hybridized carbons (Fsp3) is 0.185. The average Bonchev–Trinajstić information content (AvgIpc) is 3.14. The van der Waals surface area contributed by atoms with Crippen molar-refractivity contribution in [2.45, 2.75) is 26.7 Å². The number of hydrogen-bond acceptors (Lipinski definition) is 4. The second kappa shape index (κ2) is 10.4. The summed E-state index contributed by atoms with van der Waals surface area (Å²) in [5, 5.41) is 0.659. The molecular weight excluding hydrogens is 496 g/mol. The Kier molecular flexibility index (Phi) is 7.36. The zero-order valence-corrected chi connectivity index (χ0v) is 21.2. The van der Waals surface area contributed by atoms with Crippen molar-refractivity contribution in [1.82, 2.24) is 0 Å². The van der Waals surface area contributed by atoms with E-state index in [2.05, 4.69) is 41.9 Å². The number of amidine groups is 1. The van der Waals surface area contributed by atoms with Gasteiger partial charge in [-0.1, -0.05) is 66.2 Å². The molecule has 33 heavy (non-hydrogen) atoms. The summed E-state index contributed by atoms with van der Waals surface area (Å²) in [4.78, 5) is 21.0. The third kappa shape index (κ3) is 4.92. The van der Waals surface area contributed by atoms with Gasteiger partial charge in [0.05, 0.1) is 23.4 Å². The number of methoxy groups -OCH3 is 1. The van der Waals surface area contributed by atoms with E-state index in [1.807, 2.05) is 60.7 Å². The van der Waals surface area contributed by atoms with Crippen LogP contribution < -0.4 is 9.64 Å². The lowest BCUT2D eigenvalue weighted by atomic mass is 10.1. The van der Waals surface area contributed by atoms with Gasteiger partial charge in [0.25, 0.3) is 5.91 Å². The van der Waals surface area contributed by atoms with E-state index in [-0.39, 0.29) is 5.91 Å². The van der Waals surface area contributed by atoms with Crippen LogP contribution in [0.3, 0.4) is 0 Å². The van der Waals surface area contributed by atoms with Gasteiger partial charge in [0, 0.05) is 4.47 Å². The Morgan fingerprint density at radius 1 is 1.00 bits per heavy atom. The number of halogens is 1. The third-order valence-electron chi connectivity index (χ3n) is 5.50. The Balaban J connectivity index is 1.85. The van der Waals surface area contributed by atoms with Gasteiger partial charge in [-0.15, -0.1) is 0 Å². The van der Waals surface area contributed by atoms with Gasteiger partial charge in [0.2, 0.25) is 0 Å². The minimum absolute atomic E-state index is 0.0802. The molecule has 1 saturated heterocycles. The first-order valence-corrected chi connectivity index (χ1v) is 12.5. The third-order valence-corrected chi connectivity index (χ3v) is 7.19. The fourth-order valence-electron chi connectivity index (χ4n) is 3.71. The van der Waals surface area contributed by atoms with Crippen LogP contribution in [0.25, 0.3) is 6.08 Å². The molecule has 3 aromatic carbocycles. The maximum Gasteiger partial charge on any atom is 0.271 e. The lowest BCUT2D eigenvalue weighted by molar-refractivity contribution is -0.113. The summed E-state index contributed by atoms with van der Waals surface area (Å²) in [5.74, 6) is 0.655. The second-order valence-electron chi connectivity index (χ2n) is 7.50. The average molecular weight is 521 g/mol. The molecule has 168 valence electrons. The highest BCUT2D eigenvalue weighted by Gasteiger charge is 2.36. The molecule has 0 atom stereocenters. The van der Waals surface area contributed by atoms with E-state index in [4.69, 9.17) is 9.73 Å². The van der Waals surface area contributed by atoms with Crippen LogP contribution in [-0.4, -0.2) is 18.2 Å². The van der Waals surface area contributed by atoms with E-state index in [1.54, 1.807) is 12.0 Å². The molecular formula is C27H25BrN2O2S. The number of amides is 1. The van der Waals surface area contributed by atoms with Crippen LogP contribution >= 0.6 is 27.7 Å². The van der Waals surface area contributed by atoms with Gasteiger partial charge < -0.3 is 4.74 Å². The molecule has 4 nitrogen and oxygen atoms in total. The van der Waals surface area contributed by atoms with Gasteiger partial charge in [-0.25, -0.2) is 4.99 Å². The monoisotopic (exact) mass is 520 g/mol. The summed E-state index contributed by atoms with van der Waals surface area (Å²) in [7, 11) is 1.63. The van der Waals surface area contributed by atoms with Crippen molar-refractivity contribution in [3.63, 3.8) is 0 Å². The van der Waals surface area contributed by atoms with Crippen molar-refractivity contribution >= 4 is 56.2 Å². The number of ether oxygens (including phenoxy) is 1. The molecule has 1 heterocycles. The van der Waals surface area contributed by atoms with Crippen LogP contribution in [-0.2, 0) is 17.6 Å². The molecule has 1 fully saturated rings. The van der Waals surface area contributed by atoms with E-state index < -0.39 is 0 Å². The number of hydrogen-bond donors (Lipinski definition) is 0. The van der Waals surface area contributed by atoms with Crippen LogP contribution in [0, 0.1) is 0 Å². The second-order valence-corrected chi connectivity index (χ2v) is 9.36. The van der Waals surface area contributed by atoms with Crippen molar-refractivity contribution in [2.24, 2.45) is 4.99 Å². The Bertz CT molecular complexity index is 1250. The van der Waals surface area contributed by atoms with Crippen molar-refractivity contribution in [3.8, 4) is 5.75 Å². The van der Waals surface area contributed by atoms with Crippen molar-refractivity contribution < 1.29 is 9.53 Å². The van der Waals surface area contributed by atoms with Crippen LogP contribution in [0.2, 0.25) is 0 Å². The van der Waals surface area contributed by atoms with Crippen LogP contribution in [0.15, 0.2) is 81.1 Å². The normalized spacial score (nSPS) is 16.1. The number of aliphatic imine (C=N–C) groups is 1. The van der Waals surface area contributed by atoms with Gasteiger partial charge in [0.1, 0.15) is 5.75 Å². The van der Waals surface area contributed by atoms with Gasteiger partial charge in [-0.05, 0) is 77.7 Å². The molecule has 0 N–H and O–H groups in total. The van der Waals surface area contributed by atoms with E-state index >= 15 is 0 Å². The Morgan fingerprint density at radius 3 is 2.42 bits per heavy atom. The molecule has 0 unspecified atom stereocenters. The van der Waals surface area contributed by atoms with Crippen molar-refractivity contribution in [1.29, 1.82) is 0 Å². The number of aryl methyl sites for hydroxylation is 2. The van der Waals surface area contributed by atoms with E-state index in [0.717, 1.165) is 51.1 Å². The van der Waals surface area contributed by atoms with E-state index in [1.165, 1.54) is 11.8 Å². The zero-order chi connectivity index (χ0) is 23.4. The molecule has 0 aliphatic carbocycles. The SMILES string of the molecule is CCc1ccccc1N=C1S/C(=C\c2cc(OC)ccc2Br)C(=O)N1c1ccccc1CC. The first-order chi connectivity index (χ1) is 16.0. The topological polar surface area (TPSA) is 41.9 Å². The summed E-state index contributed by atoms with van der Waals surface area (Å²) in [6.45, 7) is 4.21. The van der Waals surface area contributed by atoms with Gasteiger partial charge in [0.15, 0.2) is 5.17 Å². The number of para-hydroxylation sites is 2. The quantitative estimate of drug-likeness (QED) is 0.318.